The quantitative estimate of drug-likeness (QED) is 0.755. The van der Waals surface area contributed by atoms with Crippen molar-refractivity contribution >= 4 is 17.3 Å². The van der Waals surface area contributed by atoms with Gasteiger partial charge in [-0.2, -0.15) is 0 Å². The summed E-state index contributed by atoms with van der Waals surface area (Å²) in [6.07, 6.45) is 1.32. The predicted octanol–water partition coefficient (Wildman–Crippen LogP) is 1.65. The van der Waals surface area contributed by atoms with E-state index in [9.17, 15) is 9.18 Å². The van der Waals surface area contributed by atoms with Crippen LogP contribution in [-0.2, 0) is 0 Å². The van der Waals surface area contributed by atoms with E-state index in [4.69, 9.17) is 5.73 Å². The van der Waals surface area contributed by atoms with E-state index in [1.165, 1.54) is 30.5 Å². The number of carbonyl (C=O) groups excluding carboxylic acids is 1. The second-order valence-electron chi connectivity index (χ2n) is 3.07. The van der Waals surface area contributed by atoms with Gasteiger partial charge in [0.15, 0.2) is 0 Å². The lowest BCUT2D eigenvalue weighted by Gasteiger charge is -2.04. The smallest absolute Gasteiger partial charge is 0.294 e. The van der Waals surface area contributed by atoms with Gasteiger partial charge >= 0.3 is 0 Å². The molecule has 0 atom stereocenters. The number of hydrogen-bond acceptors (Lipinski definition) is 4. The van der Waals surface area contributed by atoms with Crippen LogP contribution >= 0.6 is 0 Å². The standard InChI is InChI=1S/C10H8FN3O2/c11-7-2-1-6(12)5-8(7)14-10(15)9-3-4-13-16-9/h1-5H,12H2,(H,14,15). The monoisotopic (exact) mass is 221 g/mol. The highest BCUT2D eigenvalue weighted by atomic mass is 19.1. The molecule has 2 rings (SSSR count). The van der Waals surface area contributed by atoms with Gasteiger partial charge in [-0.15, -0.1) is 0 Å². The molecule has 0 spiro atoms. The van der Waals surface area contributed by atoms with Crippen LogP contribution in [0.25, 0.3) is 0 Å². The topological polar surface area (TPSA) is 81.1 Å². The Morgan fingerprint density at radius 2 is 2.25 bits per heavy atom. The minimum Gasteiger partial charge on any atom is -0.399 e. The third-order valence-electron chi connectivity index (χ3n) is 1.90. The van der Waals surface area contributed by atoms with Crippen LogP contribution in [0, 0.1) is 5.82 Å². The van der Waals surface area contributed by atoms with Gasteiger partial charge in [0.05, 0.1) is 11.9 Å². The number of nitrogens with two attached hydrogens (primary N) is 1. The molecule has 5 nitrogen and oxygen atoms in total. The lowest BCUT2D eigenvalue weighted by Crippen LogP contribution is -2.12. The lowest BCUT2D eigenvalue weighted by atomic mass is 10.2. The third kappa shape index (κ3) is 2.00. The first kappa shape index (κ1) is 10.2. The van der Waals surface area contributed by atoms with Crippen LogP contribution in [0.2, 0.25) is 0 Å². The molecule has 0 bridgehead atoms. The van der Waals surface area contributed by atoms with E-state index in [1.54, 1.807) is 0 Å². The number of nitrogen functional groups attached to an aromatic ring is 1. The Morgan fingerprint density at radius 1 is 1.44 bits per heavy atom. The van der Waals surface area contributed by atoms with Gasteiger partial charge in [0.2, 0.25) is 5.76 Å². The average Bonchev–Trinajstić information content (AvgIpc) is 2.76. The summed E-state index contributed by atoms with van der Waals surface area (Å²) in [7, 11) is 0. The Balaban J connectivity index is 2.21. The summed E-state index contributed by atoms with van der Waals surface area (Å²) >= 11 is 0. The number of rotatable bonds is 2. The van der Waals surface area contributed by atoms with Gasteiger partial charge in [0, 0.05) is 11.8 Å². The van der Waals surface area contributed by atoms with E-state index in [0.29, 0.717) is 5.69 Å². The van der Waals surface area contributed by atoms with Crippen molar-refractivity contribution in [1.29, 1.82) is 0 Å². The molecular formula is C10H8FN3O2. The van der Waals surface area contributed by atoms with E-state index >= 15 is 0 Å². The zero-order valence-electron chi connectivity index (χ0n) is 8.11. The van der Waals surface area contributed by atoms with Crippen LogP contribution in [0.4, 0.5) is 15.8 Å². The van der Waals surface area contributed by atoms with Crippen molar-refractivity contribution in [3.63, 3.8) is 0 Å². The minimum absolute atomic E-state index is 0.00130. The fourth-order valence-electron chi connectivity index (χ4n) is 1.16. The maximum Gasteiger partial charge on any atom is 0.294 e. The SMILES string of the molecule is Nc1ccc(F)c(NC(=O)c2ccno2)c1. The zero-order chi connectivity index (χ0) is 11.5. The van der Waals surface area contributed by atoms with Crippen molar-refractivity contribution in [2.24, 2.45) is 0 Å². The number of nitrogens with zero attached hydrogens (tertiary/aromatic N) is 1. The molecule has 3 N–H and O–H groups in total. The number of anilines is 2. The third-order valence-corrected chi connectivity index (χ3v) is 1.90. The highest BCUT2D eigenvalue weighted by Crippen LogP contribution is 2.18. The Hall–Kier alpha value is -2.37. The van der Waals surface area contributed by atoms with Crippen LogP contribution in [-0.4, -0.2) is 11.1 Å². The zero-order valence-corrected chi connectivity index (χ0v) is 8.11. The molecule has 6 heteroatoms. The number of hydrogen-bond donors (Lipinski definition) is 2. The van der Waals surface area contributed by atoms with E-state index < -0.39 is 11.7 Å². The second kappa shape index (κ2) is 4.01. The summed E-state index contributed by atoms with van der Waals surface area (Å²) < 4.78 is 17.9. The normalized spacial score (nSPS) is 10.1. The molecule has 0 aliphatic rings. The first-order valence-corrected chi connectivity index (χ1v) is 4.44. The van der Waals surface area contributed by atoms with Gasteiger partial charge in [0.1, 0.15) is 5.82 Å². The summed E-state index contributed by atoms with van der Waals surface area (Å²) in [6.45, 7) is 0. The summed E-state index contributed by atoms with van der Waals surface area (Å²) in [5.41, 5.74) is 5.83. The van der Waals surface area contributed by atoms with E-state index in [2.05, 4.69) is 15.0 Å². The Labute approximate surface area is 90.0 Å². The number of aromatic nitrogens is 1. The van der Waals surface area contributed by atoms with E-state index in [0.717, 1.165) is 0 Å². The Morgan fingerprint density at radius 3 is 2.94 bits per heavy atom. The number of carbonyl (C=O) groups is 1. The molecule has 82 valence electrons. The average molecular weight is 221 g/mol. The summed E-state index contributed by atoms with van der Waals surface area (Å²) in [5.74, 6) is -1.15. The summed E-state index contributed by atoms with van der Waals surface area (Å²) in [5, 5.41) is 5.70. The van der Waals surface area contributed by atoms with Crippen molar-refractivity contribution in [3.8, 4) is 0 Å². The Bertz CT molecular complexity index is 511. The molecule has 0 aliphatic heterocycles. The van der Waals surface area contributed by atoms with Gasteiger partial charge in [-0.05, 0) is 18.2 Å². The molecule has 0 radical (unpaired) electrons. The lowest BCUT2D eigenvalue weighted by molar-refractivity contribution is 0.0987. The van der Waals surface area contributed by atoms with Crippen molar-refractivity contribution in [3.05, 3.63) is 42.0 Å². The highest BCUT2D eigenvalue weighted by molar-refractivity contribution is 6.02. The summed E-state index contributed by atoms with van der Waals surface area (Å²) in [6, 6.07) is 5.27. The minimum atomic E-state index is -0.581. The van der Waals surface area contributed by atoms with Crippen LogP contribution in [0.15, 0.2) is 35.0 Å². The molecule has 0 fully saturated rings. The van der Waals surface area contributed by atoms with E-state index in [1.807, 2.05) is 0 Å². The second-order valence-corrected chi connectivity index (χ2v) is 3.07. The first-order valence-electron chi connectivity index (χ1n) is 4.44. The van der Waals surface area contributed by atoms with Crippen molar-refractivity contribution in [2.45, 2.75) is 0 Å². The maximum atomic E-state index is 13.3. The molecule has 2 aromatic rings. The van der Waals surface area contributed by atoms with Gasteiger partial charge in [-0.1, -0.05) is 5.16 Å². The largest absolute Gasteiger partial charge is 0.399 e. The van der Waals surface area contributed by atoms with Crippen molar-refractivity contribution in [2.75, 3.05) is 11.1 Å². The molecular weight excluding hydrogens is 213 g/mol. The summed E-state index contributed by atoms with van der Waals surface area (Å²) in [4.78, 5) is 11.5. The molecule has 1 aromatic heterocycles. The van der Waals surface area contributed by atoms with E-state index in [-0.39, 0.29) is 11.4 Å². The van der Waals surface area contributed by atoms with Gasteiger partial charge in [-0.25, -0.2) is 4.39 Å². The van der Waals surface area contributed by atoms with Gasteiger partial charge < -0.3 is 15.6 Å². The predicted molar refractivity (Wildman–Crippen MR) is 55.3 cm³/mol. The number of nitrogens with one attached hydrogen (secondary N) is 1. The molecule has 0 saturated heterocycles. The fraction of sp³-hybridized carbons (Fsp3) is 0. The van der Waals surface area contributed by atoms with Gasteiger partial charge in [0.25, 0.3) is 5.91 Å². The molecule has 16 heavy (non-hydrogen) atoms. The number of halogens is 1. The fourth-order valence-corrected chi connectivity index (χ4v) is 1.16. The van der Waals surface area contributed by atoms with Crippen LogP contribution in [0.5, 0.6) is 0 Å². The number of benzene rings is 1. The van der Waals surface area contributed by atoms with Crippen molar-refractivity contribution in [1.82, 2.24) is 5.16 Å². The van der Waals surface area contributed by atoms with Crippen LogP contribution in [0.1, 0.15) is 10.6 Å². The molecule has 1 amide bonds. The molecule has 1 aromatic carbocycles. The first-order chi connectivity index (χ1) is 7.66. The number of amides is 1. The Kier molecular flexibility index (Phi) is 2.55. The highest BCUT2D eigenvalue weighted by Gasteiger charge is 2.12. The molecule has 1 heterocycles. The maximum absolute atomic E-state index is 13.3. The van der Waals surface area contributed by atoms with Crippen LogP contribution < -0.4 is 11.1 Å². The molecule has 0 unspecified atom stereocenters. The van der Waals surface area contributed by atoms with Crippen LogP contribution in [0.3, 0.4) is 0 Å². The molecule has 0 saturated carbocycles. The molecule has 0 aliphatic carbocycles. The van der Waals surface area contributed by atoms with Crippen molar-refractivity contribution < 1.29 is 13.7 Å². The van der Waals surface area contributed by atoms with Gasteiger partial charge in [-0.3, -0.25) is 4.79 Å².